The topological polar surface area (TPSA) is 113 Å². The molecule has 0 aromatic carbocycles. The molecule has 0 saturated heterocycles. The van der Waals surface area contributed by atoms with Crippen molar-refractivity contribution in [1.82, 2.24) is 5.32 Å². The van der Waals surface area contributed by atoms with Crippen molar-refractivity contribution in [2.24, 2.45) is 11.7 Å². The molecule has 2 unspecified atom stereocenters. The van der Waals surface area contributed by atoms with Crippen LogP contribution in [0.4, 0.5) is 0 Å². The lowest BCUT2D eigenvalue weighted by atomic mass is 10.0. The summed E-state index contributed by atoms with van der Waals surface area (Å²) in [5.41, 5.74) is 4.28. The number of carboxylic acid groups (broad SMARTS) is 1. The first kappa shape index (κ1) is 15.9. The molecule has 0 saturated carbocycles. The van der Waals surface area contributed by atoms with Crippen LogP contribution in [0.5, 0.6) is 0 Å². The third-order valence-corrected chi connectivity index (χ3v) is 2.48. The van der Waals surface area contributed by atoms with Gasteiger partial charge >= 0.3 is 5.97 Å². The molecule has 0 heterocycles. The van der Waals surface area contributed by atoms with Crippen molar-refractivity contribution < 1.29 is 19.8 Å². The third kappa shape index (κ3) is 7.70. The van der Waals surface area contributed by atoms with Crippen molar-refractivity contribution >= 4 is 11.9 Å². The van der Waals surface area contributed by atoms with Gasteiger partial charge in [0.25, 0.3) is 0 Å². The molecule has 6 heteroatoms. The Balaban J connectivity index is 4.03. The largest absolute Gasteiger partial charge is 0.481 e. The lowest BCUT2D eigenvalue weighted by Gasteiger charge is -2.22. The average molecular weight is 246 g/mol. The van der Waals surface area contributed by atoms with Gasteiger partial charge in [-0.15, -0.1) is 0 Å². The van der Waals surface area contributed by atoms with Gasteiger partial charge in [0, 0.05) is 19.0 Å². The number of carbonyl (C=O) groups is 2. The summed E-state index contributed by atoms with van der Waals surface area (Å²) in [6.07, 6.45) is -0.246. The van der Waals surface area contributed by atoms with Crippen molar-refractivity contribution in [2.75, 3.05) is 6.54 Å². The smallest absolute Gasteiger partial charge is 0.306 e. The van der Waals surface area contributed by atoms with Crippen LogP contribution >= 0.6 is 0 Å². The van der Waals surface area contributed by atoms with Gasteiger partial charge in [0.1, 0.15) is 0 Å². The van der Waals surface area contributed by atoms with E-state index in [9.17, 15) is 14.7 Å². The fraction of sp³-hybridized carbons (Fsp3) is 0.818. The Morgan fingerprint density at radius 1 is 1.41 bits per heavy atom. The molecule has 5 N–H and O–H groups in total. The summed E-state index contributed by atoms with van der Waals surface area (Å²) in [5, 5.41) is 20.7. The first-order valence-corrected chi connectivity index (χ1v) is 5.60. The second-order valence-corrected chi connectivity index (χ2v) is 4.96. The Morgan fingerprint density at radius 2 is 1.94 bits per heavy atom. The summed E-state index contributed by atoms with van der Waals surface area (Å²) in [7, 11) is 0. The highest BCUT2D eigenvalue weighted by atomic mass is 16.4. The average Bonchev–Trinajstić information content (AvgIpc) is 2.12. The van der Waals surface area contributed by atoms with Crippen LogP contribution in [0.15, 0.2) is 0 Å². The molecule has 6 nitrogen and oxygen atoms in total. The van der Waals surface area contributed by atoms with Crippen molar-refractivity contribution in [3.05, 3.63) is 0 Å². The lowest BCUT2D eigenvalue weighted by Crippen LogP contribution is -2.44. The number of rotatable bonds is 7. The van der Waals surface area contributed by atoms with E-state index in [4.69, 9.17) is 10.8 Å². The normalized spacial score (nSPS) is 16.4. The van der Waals surface area contributed by atoms with Crippen LogP contribution in [0.3, 0.4) is 0 Å². The summed E-state index contributed by atoms with van der Waals surface area (Å²) in [6.45, 7) is 5.10. The Kier molecular flexibility index (Phi) is 6.12. The molecule has 100 valence electrons. The molecule has 0 fully saturated rings. The zero-order chi connectivity index (χ0) is 13.6. The van der Waals surface area contributed by atoms with E-state index in [0.29, 0.717) is 0 Å². The Labute approximate surface area is 101 Å². The summed E-state index contributed by atoms with van der Waals surface area (Å²) in [6, 6.07) is -0.237. The third-order valence-electron chi connectivity index (χ3n) is 2.48. The molecule has 0 aliphatic heterocycles. The fourth-order valence-electron chi connectivity index (χ4n) is 1.20. The van der Waals surface area contributed by atoms with E-state index in [1.165, 1.54) is 6.92 Å². The molecular weight excluding hydrogens is 224 g/mol. The summed E-state index contributed by atoms with van der Waals surface area (Å²) in [5.74, 6) is -1.19. The molecule has 17 heavy (non-hydrogen) atoms. The van der Waals surface area contributed by atoms with Gasteiger partial charge in [0.2, 0.25) is 5.91 Å². The Morgan fingerprint density at radius 3 is 2.35 bits per heavy atom. The van der Waals surface area contributed by atoms with E-state index in [-0.39, 0.29) is 30.8 Å². The van der Waals surface area contributed by atoms with E-state index in [0.717, 1.165) is 0 Å². The van der Waals surface area contributed by atoms with Crippen LogP contribution in [0.25, 0.3) is 0 Å². The van der Waals surface area contributed by atoms with Crippen LogP contribution in [0.2, 0.25) is 0 Å². The highest BCUT2D eigenvalue weighted by Gasteiger charge is 2.25. The van der Waals surface area contributed by atoms with Gasteiger partial charge in [-0.3, -0.25) is 9.59 Å². The van der Waals surface area contributed by atoms with E-state index < -0.39 is 18.0 Å². The molecule has 0 bridgehead atoms. The molecule has 0 rings (SSSR count). The minimum absolute atomic E-state index is 0.0943. The van der Waals surface area contributed by atoms with Crippen molar-refractivity contribution in [2.45, 2.75) is 45.3 Å². The van der Waals surface area contributed by atoms with Gasteiger partial charge in [-0.25, -0.2) is 0 Å². The second kappa shape index (κ2) is 6.56. The number of carbonyl (C=O) groups excluding carboxylic acids is 1. The van der Waals surface area contributed by atoms with E-state index in [1.807, 2.05) is 13.8 Å². The first-order valence-electron chi connectivity index (χ1n) is 5.60. The molecule has 0 aromatic rings. The van der Waals surface area contributed by atoms with Gasteiger partial charge in [0.15, 0.2) is 0 Å². The number of aliphatic hydroxyl groups is 1. The molecule has 0 spiro atoms. The molecule has 0 aliphatic carbocycles. The van der Waals surface area contributed by atoms with Gasteiger partial charge in [-0.05, 0) is 12.8 Å². The summed E-state index contributed by atoms with van der Waals surface area (Å²) in [4.78, 5) is 21.9. The lowest BCUT2D eigenvalue weighted by molar-refractivity contribution is -0.142. The van der Waals surface area contributed by atoms with Gasteiger partial charge in [0.05, 0.1) is 12.0 Å². The van der Waals surface area contributed by atoms with Crippen LogP contribution in [-0.4, -0.2) is 40.3 Å². The van der Waals surface area contributed by atoms with Gasteiger partial charge in [-0.1, -0.05) is 13.8 Å². The maximum absolute atomic E-state index is 11.4. The Hall–Kier alpha value is -1.14. The SMILES string of the molecule is CC(C)C(N)CC(=O)NCC(C)(O)CC(=O)O. The number of amides is 1. The molecule has 0 radical (unpaired) electrons. The van der Waals surface area contributed by atoms with Crippen molar-refractivity contribution in [1.29, 1.82) is 0 Å². The predicted molar refractivity (Wildman–Crippen MR) is 63.3 cm³/mol. The molecule has 1 amide bonds. The number of hydrogen-bond acceptors (Lipinski definition) is 4. The predicted octanol–water partition coefficient (Wildman–Crippen LogP) is -0.298. The number of nitrogens with one attached hydrogen (secondary N) is 1. The zero-order valence-corrected chi connectivity index (χ0v) is 10.6. The van der Waals surface area contributed by atoms with Crippen molar-refractivity contribution in [3.8, 4) is 0 Å². The summed E-state index contributed by atoms with van der Waals surface area (Å²) < 4.78 is 0. The second-order valence-electron chi connectivity index (χ2n) is 4.96. The van der Waals surface area contributed by atoms with Gasteiger partial charge in [-0.2, -0.15) is 0 Å². The monoisotopic (exact) mass is 246 g/mol. The van der Waals surface area contributed by atoms with Crippen LogP contribution in [0.1, 0.15) is 33.6 Å². The maximum atomic E-state index is 11.4. The fourth-order valence-corrected chi connectivity index (χ4v) is 1.20. The van der Waals surface area contributed by atoms with Crippen LogP contribution in [-0.2, 0) is 9.59 Å². The molecule has 0 aliphatic rings. The minimum atomic E-state index is -1.44. The Bertz CT molecular complexity index is 277. The van der Waals surface area contributed by atoms with Crippen molar-refractivity contribution in [3.63, 3.8) is 0 Å². The van der Waals surface area contributed by atoms with Crippen LogP contribution < -0.4 is 11.1 Å². The van der Waals surface area contributed by atoms with Crippen LogP contribution in [0, 0.1) is 5.92 Å². The molecular formula is C11H22N2O4. The number of hydrogen-bond donors (Lipinski definition) is 4. The highest BCUT2D eigenvalue weighted by Crippen LogP contribution is 2.08. The van der Waals surface area contributed by atoms with Gasteiger partial charge < -0.3 is 21.3 Å². The first-order chi connectivity index (χ1) is 7.64. The number of aliphatic carboxylic acids is 1. The van der Waals surface area contributed by atoms with E-state index in [1.54, 1.807) is 0 Å². The highest BCUT2D eigenvalue weighted by molar-refractivity contribution is 5.76. The zero-order valence-electron chi connectivity index (χ0n) is 10.6. The quantitative estimate of drug-likeness (QED) is 0.492. The maximum Gasteiger partial charge on any atom is 0.306 e. The summed E-state index contributed by atoms with van der Waals surface area (Å²) >= 11 is 0. The standard InChI is InChI=1S/C11H22N2O4/c1-7(2)8(12)4-9(14)13-6-11(3,17)5-10(15)16/h7-8,17H,4-6,12H2,1-3H3,(H,13,14)(H,15,16). The number of carboxylic acids is 1. The minimum Gasteiger partial charge on any atom is -0.481 e. The molecule has 0 aromatic heterocycles. The van der Waals surface area contributed by atoms with E-state index >= 15 is 0 Å². The van der Waals surface area contributed by atoms with E-state index in [2.05, 4.69) is 5.32 Å². The number of nitrogens with two attached hydrogens (primary N) is 1. The molecule has 2 atom stereocenters.